The summed E-state index contributed by atoms with van der Waals surface area (Å²) in [7, 11) is 0. The summed E-state index contributed by atoms with van der Waals surface area (Å²) in [4.78, 5) is 23.1. The highest BCUT2D eigenvalue weighted by molar-refractivity contribution is 6.14. The van der Waals surface area contributed by atoms with Crippen LogP contribution in [0.25, 0.3) is 0 Å². The summed E-state index contributed by atoms with van der Waals surface area (Å²) in [5.74, 6) is 1.02. The molecule has 5 nitrogen and oxygen atoms in total. The fourth-order valence-electron chi connectivity index (χ4n) is 2.53. The van der Waals surface area contributed by atoms with E-state index in [1.807, 2.05) is 25.1 Å². The van der Waals surface area contributed by atoms with Gasteiger partial charge in [-0.3, -0.25) is 14.9 Å². The van der Waals surface area contributed by atoms with Crippen molar-refractivity contribution >= 4 is 11.8 Å². The molecule has 0 aromatic carbocycles. The fraction of sp³-hybridized carbons (Fsp3) is 0.333. The number of carbonyl (C=O) groups excluding carboxylic acids is 2. The number of allylic oxidation sites excluding steroid dienone is 1. The van der Waals surface area contributed by atoms with Crippen molar-refractivity contribution in [2.45, 2.75) is 32.3 Å². The van der Waals surface area contributed by atoms with Gasteiger partial charge in [-0.2, -0.15) is 0 Å². The summed E-state index contributed by atoms with van der Waals surface area (Å²) < 4.78 is 11.1. The quantitative estimate of drug-likeness (QED) is 0.674. The zero-order valence-electron chi connectivity index (χ0n) is 11.1. The van der Waals surface area contributed by atoms with Crippen LogP contribution in [0.1, 0.15) is 25.5 Å². The molecule has 0 aliphatic carbocycles. The molecule has 104 valence electrons. The van der Waals surface area contributed by atoms with Gasteiger partial charge in [-0.25, -0.2) is 0 Å². The third kappa shape index (κ3) is 2.27. The van der Waals surface area contributed by atoms with E-state index in [0.717, 1.165) is 23.5 Å². The Labute approximate surface area is 116 Å². The highest BCUT2D eigenvalue weighted by Gasteiger charge is 2.33. The Morgan fingerprint density at radius 3 is 2.85 bits per heavy atom. The van der Waals surface area contributed by atoms with Gasteiger partial charge in [0.25, 0.3) is 5.91 Å². The molecule has 2 amide bonds. The predicted octanol–water partition coefficient (Wildman–Crippen LogP) is 1.86. The smallest absolute Gasteiger partial charge is 0.254 e. The zero-order chi connectivity index (χ0) is 14.1. The van der Waals surface area contributed by atoms with E-state index < -0.39 is 0 Å². The van der Waals surface area contributed by atoms with E-state index in [2.05, 4.69) is 5.32 Å². The summed E-state index contributed by atoms with van der Waals surface area (Å²) in [5, 5.41) is 2.31. The number of carbonyl (C=O) groups is 2. The van der Waals surface area contributed by atoms with Gasteiger partial charge in [-0.15, -0.1) is 0 Å². The van der Waals surface area contributed by atoms with Crippen molar-refractivity contribution in [2.75, 3.05) is 0 Å². The van der Waals surface area contributed by atoms with Crippen LogP contribution in [0.5, 0.6) is 0 Å². The predicted molar refractivity (Wildman–Crippen MR) is 70.5 cm³/mol. The Bertz CT molecular complexity index is 610. The normalized spacial score (nSPS) is 25.6. The minimum Gasteiger partial charge on any atom is -0.490 e. The van der Waals surface area contributed by atoms with Crippen LogP contribution in [0.15, 0.2) is 45.8 Å². The number of furan rings is 1. The number of hydrogen-bond acceptors (Lipinski definition) is 4. The van der Waals surface area contributed by atoms with E-state index in [4.69, 9.17) is 9.15 Å². The third-order valence-electron chi connectivity index (χ3n) is 3.47. The first-order valence-corrected chi connectivity index (χ1v) is 6.64. The maximum absolute atomic E-state index is 11.8. The van der Waals surface area contributed by atoms with Crippen molar-refractivity contribution in [1.82, 2.24) is 5.32 Å². The second-order valence-corrected chi connectivity index (χ2v) is 4.87. The molecule has 3 rings (SSSR count). The van der Waals surface area contributed by atoms with E-state index in [0.29, 0.717) is 12.0 Å². The van der Waals surface area contributed by atoms with Crippen molar-refractivity contribution in [3.8, 4) is 0 Å². The van der Waals surface area contributed by atoms with E-state index in [1.165, 1.54) is 0 Å². The van der Waals surface area contributed by atoms with Crippen LogP contribution < -0.4 is 5.32 Å². The summed E-state index contributed by atoms with van der Waals surface area (Å²) in [6, 6.07) is 3.70. The van der Waals surface area contributed by atoms with E-state index in [1.54, 1.807) is 6.26 Å². The molecule has 3 heterocycles. The number of rotatable bonds is 3. The highest BCUT2D eigenvalue weighted by Crippen LogP contribution is 2.32. The number of imide groups is 1. The Morgan fingerprint density at radius 1 is 1.40 bits per heavy atom. The Morgan fingerprint density at radius 2 is 2.25 bits per heavy atom. The SMILES string of the molecule is CCC1OC(Cc2ccco2)=C/C1=C1\CC(=O)NC1=O. The molecule has 1 aromatic heterocycles. The topological polar surface area (TPSA) is 68.5 Å². The molecule has 0 radical (unpaired) electrons. The Balaban J connectivity index is 1.89. The Hall–Kier alpha value is -2.30. The maximum atomic E-state index is 11.8. The molecular weight excluding hydrogens is 258 g/mol. The molecule has 2 aliphatic heterocycles. The first-order chi connectivity index (χ1) is 9.67. The minimum absolute atomic E-state index is 0.137. The average molecular weight is 273 g/mol. The van der Waals surface area contributed by atoms with E-state index in [9.17, 15) is 9.59 Å². The van der Waals surface area contributed by atoms with Gasteiger partial charge in [0.15, 0.2) is 0 Å². The van der Waals surface area contributed by atoms with Crippen LogP contribution in [-0.2, 0) is 20.7 Å². The number of ether oxygens (including phenoxy) is 1. The summed E-state index contributed by atoms with van der Waals surface area (Å²) in [6.07, 6.45) is 4.76. The lowest BCUT2D eigenvalue weighted by Crippen LogP contribution is -2.20. The van der Waals surface area contributed by atoms with E-state index >= 15 is 0 Å². The monoisotopic (exact) mass is 273 g/mol. The first-order valence-electron chi connectivity index (χ1n) is 6.64. The molecule has 1 atom stereocenters. The van der Waals surface area contributed by atoms with Gasteiger partial charge in [0.05, 0.1) is 19.1 Å². The van der Waals surface area contributed by atoms with Crippen molar-refractivity contribution in [2.24, 2.45) is 0 Å². The molecule has 0 saturated carbocycles. The molecule has 1 aromatic rings. The largest absolute Gasteiger partial charge is 0.490 e. The lowest BCUT2D eigenvalue weighted by atomic mass is 10.0. The minimum atomic E-state index is -0.303. The second kappa shape index (κ2) is 5.00. The molecule has 20 heavy (non-hydrogen) atoms. The first kappa shape index (κ1) is 12.7. The van der Waals surface area contributed by atoms with Crippen molar-refractivity contribution in [3.63, 3.8) is 0 Å². The van der Waals surface area contributed by atoms with Crippen LogP contribution in [0, 0.1) is 0 Å². The van der Waals surface area contributed by atoms with Crippen LogP contribution in [0.4, 0.5) is 0 Å². The van der Waals surface area contributed by atoms with Crippen LogP contribution in [0.3, 0.4) is 0 Å². The fourth-order valence-corrected chi connectivity index (χ4v) is 2.53. The summed E-state index contributed by atoms with van der Waals surface area (Å²) in [6.45, 7) is 1.99. The number of nitrogens with one attached hydrogen (secondary N) is 1. The highest BCUT2D eigenvalue weighted by atomic mass is 16.5. The zero-order valence-corrected chi connectivity index (χ0v) is 11.1. The molecule has 0 bridgehead atoms. The van der Waals surface area contributed by atoms with Gasteiger partial charge in [0.2, 0.25) is 5.91 Å². The van der Waals surface area contributed by atoms with E-state index in [-0.39, 0.29) is 24.3 Å². The van der Waals surface area contributed by atoms with Gasteiger partial charge in [0, 0.05) is 11.1 Å². The van der Waals surface area contributed by atoms with Gasteiger partial charge >= 0.3 is 0 Å². The third-order valence-corrected chi connectivity index (χ3v) is 3.47. The molecule has 1 N–H and O–H groups in total. The van der Waals surface area contributed by atoms with Crippen LogP contribution >= 0.6 is 0 Å². The standard InChI is InChI=1S/C15H15NO4/c1-2-13-11(12-8-14(17)16-15(12)18)7-10(20-13)6-9-4-3-5-19-9/h3-5,7,13H,2,6,8H2,1H3,(H,16,17,18)/b12-11-. The van der Waals surface area contributed by atoms with Crippen molar-refractivity contribution < 1.29 is 18.7 Å². The van der Waals surface area contributed by atoms with Crippen LogP contribution in [-0.4, -0.2) is 17.9 Å². The second-order valence-electron chi connectivity index (χ2n) is 4.87. The molecule has 1 fully saturated rings. The van der Waals surface area contributed by atoms with Gasteiger partial charge in [-0.05, 0) is 24.6 Å². The molecule has 1 unspecified atom stereocenters. The van der Waals surface area contributed by atoms with Crippen molar-refractivity contribution in [3.05, 3.63) is 47.1 Å². The Kier molecular flexibility index (Phi) is 3.18. The van der Waals surface area contributed by atoms with Gasteiger partial charge in [-0.1, -0.05) is 6.92 Å². The lowest BCUT2D eigenvalue weighted by molar-refractivity contribution is -0.124. The van der Waals surface area contributed by atoms with Gasteiger partial charge < -0.3 is 9.15 Å². The number of amides is 2. The molecule has 0 spiro atoms. The molecular formula is C15H15NO4. The van der Waals surface area contributed by atoms with Crippen molar-refractivity contribution in [1.29, 1.82) is 0 Å². The average Bonchev–Trinajstić information content (AvgIpc) is 3.10. The maximum Gasteiger partial charge on any atom is 0.254 e. The summed E-state index contributed by atoms with van der Waals surface area (Å²) in [5.41, 5.74) is 1.34. The lowest BCUT2D eigenvalue weighted by Gasteiger charge is -2.12. The summed E-state index contributed by atoms with van der Waals surface area (Å²) >= 11 is 0. The molecule has 1 saturated heterocycles. The number of hydrogen-bond donors (Lipinski definition) is 1. The molecule has 2 aliphatic rings. The molecule has 5 heteroatoms. The van der Waals surface area contributed by atoms with Gasteiger partial charge in [0.1, 0.15) is 17.6 Å². The van der Waals surface area contributed by atoms with Crippen LogP contribution in [0.2, 0.25) is 0 Å².